The first-order valence-corrected chi connectivity index (χ1v) is 8.10. The van der Waals surface area contributed by atoms with Gasteiger partial charge in [0.05, 0.1) is 11.2 Å². The number of aromatic nitrogens is 1. The highest BCUT2D eigenvalue weighted by Gasteiger charge is 2.24. The maximum absolute atomic E-state index is 12.5. The van der Waals surface area contributed by atoms with Gasteiger partial charge in [0.25, 0.3) is 11.5 Å². The van der Waals surface area contributed by atoms with Gasteiger partial charge in [-0.1, -0.05) is 18.2 Å². The van der Waals surface area contributed by atoms with Crippen LogP contribution < -0.4 is 10.9 Å². The molecule has 1 aliphatic heterocycles. The van der Waals surface area contributed by atoms with Crippen LogP contribution in [0.4, 0.5) is 5.69 Å². The molecular weight excluding hydrogens is 316 g/mol. The third-order valence-corrected chi connectivity index (χ3v) is 4.67. The summed E-state index contributed by atoms with van der Waals surface area (Å²) in [4.78, 5) is 25.7. The van der Waals surface area contributed by atoms with Crippen molar-refractivity contribution in [2.75, 3.05) is 18.4 Å². The number of fused-ring (bicyclic) bond motifs is 1. The van der Waals surface area contributed by atoms with E-state index in [-0.39, 0.29) is 23.1 Å². The fourth-order valence-electron chi connectivity index (χ4n) is 3.27. The zero-order valence-electron chi connectivity index (χ0n) is 14.0. The molecule has 0 saturated carbocycles. The molecule has 0 atom stereocenters. The summed E-state index contributed by atoms with van der Waals surface area (Å²) in [7, 11) is 1.67. The minimum atomic E-state index is -0.316. The van der Waals surface area contributed by atoms with E-state index in [2.05, 4.69) is 11.2 Å². The van der Waals surface area contributed by atoms with Gasteiger partial charge in [-0.2, -0.15) is 5.26 Å². The van der Waals surface area contributed by atoms with Crippen LogP contribution in [0.1, 0.15) is 18.4 Å². The second kappa shape index (κ2) is 6.70. The number of piperidine rings is 1. The highest BCUT2D eigenvalue weighted by Crippen LogP contribution is 2.27. The highest BCUT2D eigenvalue weighted by molar-refractivity contribution is 5.94. The highest BCUT2D eigenvalue weighted by atomic mass is 16.2. The molecular formula is C19H18N4O2. The Hall–Kier alpha value is -3.25. The first-order chi connectivity index (χ1) is 12.1. The zero-order chi connectivity index (χ0) is 18.0. The molecule has 2 aromatic rings. The molecule has 0 bridgehead atoms. The first kappa shape index (κ1) is 16.6. The summed E-state index contributed by atoms with van der Waals surface area (Å²) < 4.78 is 1.49. The molecule has 6 heteroatoms. The average Bonchev–Trinajstić information content (AvgIpc) is 2.66. The number of likely N-dealkylation sites (tertiary alicyclic amines) is 1. The maximum atomic E-state index is 12.5. The molecule has 1 fully saturated rings. The lowest BCUT2D eigenvalue weighted by molar-refractivity contribution is -0.126. The van der Waals surface area contributed by atoms with Crippen molar-refractivity contribution in [3.8, 4) is 18.4 Å². The van der Waals surface area contributed by atoms with Crippen LogP contribution >= 0.6 is 0 Å². The lowest BCUT2D eigenvalue weighted by Gasteiger charge is -2.32. The number of pyridine rings is 1. The van der Waals surface area contributed by atoms with Gasteiger partial charge in [-0.3, -0.25) is 9.59 Å². The van der Waals surface area contributed by atoms with Crippen LogP contribution in [0, 0.1) is 23.7 Å². The van der Waals surface area contributed by atoms with Crippen molar-refractivity contribution in [1.82, 2.24) is 9.47 Å². The van der Waals surface area contributed by atoms with Gasteiger partial charge in [-0.25, -0.2) is 0 Å². The molecule has 126 valence electrons. The molecule has 1 aliphatic rings. The van der Waals surface area contributed by atoms with Gasteiger partial charge in [0.1, 0.15) is 11.6 Å². The fourth-order valence-corrected chi connectivity index (χ4v) is 3.27. The Morgan fingerprint density at radius 3 is 2.64 bits per heavy atom. The normalized spacial score (nSPS) is 14.8. The van der Waals surface area contributed by atoms with E-state index in [0.717, 1.165) is 10.9 Å². The number of rotatable bonds is 2. The molecule has 0 spiro atoms. The molecule has 0 aliphatic carbocycles. The first-order valence-electron chi connectivity index (χ1n) is 8.10. The van der Waals surface area contributed by atoms with E-state index in [1.54, 1.807) is 11.9 Å². The predicted molar refractivity (Wildman–Crippen MR) is 96.0 cm³/mol. The van der Waals surface area contributed by atoms with Gasteiger partial charge in [-0.15, -0.1) is 6.42 Å². The molecule has 1 saturated heterocycles. The molecule has 3 rings (SSSR count). The number of anilines is 1. The van der Waals surface area contributed by atoms with E-state index in [1.165, 1.54) is 4.57 Å². The summed E-state index contributed by atoms with van der Waals surface area (Å²) in [5.74, 6) is 1.84. The topological polar surface area (TPSA) is 78.1 Å². The fraction of sp³-hybridized carbons (Fsp3) is 0.316. The van der Waals surface area contributed by atoms with Crippen molar-refractivity contribution in [1.29, 1.82) is 5.26 Å². The van der Waals surface area contributed by atoms with Crippen molar-refractivity contribution in [3.05, 3.63) is 40.2 Å². The number of nitrogens with zero attached hydrogens (tertiary/aromatic N) is 3. The molecule has 0 unspecified atom stereocenters. The molecule has 1 amide bonds. The minimum Gasteiger partial charge on any atom is -0.380 e. The van der Waals surface area contributed by atoms with Crippen molar-refractivity contribution in [2.24, 2.45) is 7.05 Å². The largest absolute Gasteiger partial charge is 0.380 e. The molecule has 0 radical (unpaired) electrons. The number of aryl methyl sites for hydroxylation is 1. The Morgan fingerprint density at radius 2 is 2.00 bits per heavy atom. The zero-order valence-corrected chi connectivity index (χ0v) is 14.0. The molecule has 1 N–H and O–H groups in total. The van der Waals surface area contributed by atoms with E-state index in [1.807, 2.05) is 30.3 Å². The number of carbonyl (C=O) groups is 1. The standard InChI is InChI=1S/C19H18N4O2/c1-3-17(24)23-10-8-13(9-11-23)21-18-14-6-4-5-7-16(14)22(2)19(25)15(18)12-20/h1,4-7,13,21H,8-11H2,2H3. The van der Waals surface area contributed by atoms with Crippen LogP contribution in [0.15, 0.2) is 29.1 Å². The van der Waals surface area contributed by atoms with E-state index < -0.39 is 0 Å². The SMILES string of the molecule is C#CC(=O)N1CCC(Nc2c(C#N)c(=O)n(C)c3ccccc23)CC1. The summed E-state index contributed by atoms with van der Waals surface area (Å²) in [6, 6.07) is 9.61. The number of benzene rings is 1. The third kappa shape index (κ3) is 2.95. The Bertz CT molecular complexity index is 970. The van der Waals surface area contributed by atoms with E-state index in [9.17, 15) is 14.9 Å². The van der Waals surface area contributed by atoms with Crippen LogP contribution in [0.5, 0.6) is 0 Å². The lowest BCUT2D eigenvalue weighted by atomic mass is 10.0. The van der Waals surface area contributed by atoms with Crippen molar-refractivity contribution >= 4 is 22.5 Å². The number of nitriles is 1. The summed E-state index contributed by atoms with van der Waals surface area (Å²) in [6.07, 6.45) is 6.58. The van der Waals surface area contributed by atoms with E-state index in [4.69, 9.17) is 6.42 Å². The summed E-state index contributed by atoms with van der Waals surface area (Å²) >= 11 is 0. The van der Waals surface area contributed by atoms with Crippen molar-refractivity contribution < 1.29 is 4.79 Å². The van der Waals surface area contributed by atoms with Gasteiger partial charge < -0.3 is 14.8 Å². The van der Waals surface area contributed by atoms with Gasteiger partial charge in [0.2, 0.25) is 0 Å². The Labute approximate surface area is 145 Å². The Morgan fingerprint density at radius 1 is 1.32 bits per heavy atom. The average molecular weight is 334 g/mol. The summed E-state index contributed by atoms with van der Waals surface area (Å²) in [5, 5.41) is 13.7. The van der Waals surface area contributed by atoms with Crippen molar-refractivity contribution in [3.63, 3.8) is 0 Å². The molecule has 6 nitrogen and oxygen atoms in total. The van der Waals surface area contributed by atoms with E-state index in [0.29, 0.717) is 31.6 Å². The number of nitrogens with one attached hydrogen (secondary N) is 1. The van der Waals surface area contributed by atoms with Gasteiger partial charge in [0, 0.05) is 31.6 Å². The van der Waals surface area contributed by atoms with Gasteiger partial charge in [-0.05, 0) is 24.8 Å². The number of amides is 1. The number of terminal acetylenes is 1. The number of hydrogen-bond acceptors (Lipinski definition) is 4. The molecule has 25 heavy (non-hydrogen) atoms. The molecule has 1 aromatic carbocycles. The smallest absolute Gasteiger partial charge is 0.298 e. The third-order valence-electron chi connectivity index (χ3n) is 4.67. The van der Waals surface area contributed by atoms with Crippen LogP contribution in [0.25, 0.3) is 10.9 Å². The number of hydrogen-bond donors (Lipinski definition) is 1. The summed E-state index contributed by atoms with van der Waals surface area (Å²) in [5.41, 5.74) is 1.14. The number of carbonyl (C=O) groups excluding carboxylic acids is 1. The second-order valence-corrected chi connectivity index (χ2v) is 6.10. The van der Waals surface area contributed by atoms with Crippen molar-refractivity contribution in [2.45, 2.75) is 18.9 Å². The molecule has 1 aromatic heterocycles. The van der Waals surface area contributed by atoms with E-state index >= 15 is 0 Å². The lowest BCUT2D eigenvalue weighted by Crippen LogP contribution is -2.42. The molecule has 2 heterocycles. The Kier molecular flexibility index (Phi) is 4.45. The Balaban J connectivity index is 1.94. The summed E-state index contributed by atoms with van der Waals surface area (Å²) in [6.45, 7) is 1.12. The monoisotopic (exact) mass is 334 g/mol. The van der Waals surface area contributed by atoms with Crippen LogP contribution in [-0.4, -0.2) is 34.5 Å². The van der Waals surface area contributed by atoms with Gasteiger partial charge >= 0.3 is 0 Å². The maximum Gasteiger partial charge on any atom is 0.298 e. The van der Waals surface area contributed by atoms with Gasteiger partial charge in [0.15, 0.2) is 0 Å². The quantitative estimate of drug-likeness (QED) is 0.843. The predicted octanol–water partition coefficient (Wildman–Crippen LogP) is 1.45. The number of para-hydroxylation sites is 1. The second-order valence-electron chi connectivity index (χ2n) is 6.10. The van der Waals surface area contributed by atoms with Crippen LogP contribution in [-0.2, 0) is 11.8 Å². The van der Waals surface area contributed by atoms with Crippen LogP contribution in [0.3, 0.4) is 0 Å². The van der Waals surface area contributed by atoms with Crippen LogP contribution in [0.2, 0.25) is 0 Å². The minimum absolute atomic E-state index is 0.0736.